The smallest absolute Gasteiger partial charge is 0.276 e. The molecule has 4 rings (SSSR count). The number of nitrogens with one attached hydrogen (secondary N) is 1. The average molecular weight is 370 g/mol. The van der Waals surface area contributed by atoms with Crippen LogP contribution in [0.25, 0.3) is 0 Å². The Labute approximate surface area is 156 Å². The number of nitrogens with zero attached hydrogens (tertiary/aromatic N) is 3. The minimum Gasteiger partial charge on any atom is -0.448 e. The van der Waals surface area contributed by atoms with Crippen LogP contribution in [0.5, 0.6) is 0 Å². The van der Waals surface area contributed by atoms with Gasteiger partial charge in [0.2, 0.25) is 5.91 Å². The molecule has 2 aliphatic heterocycles. The number of ether oxygens (including phenoxy) is 1. The fourth-order valence-corrected chi connectivity index (χ4v) is 3.48. The van der Waals surface area contributed by atoms with E-state index < -0.39 is 0 Å². The Morgan fingerprint density at radius 2 is 2.26 bits per heavy atom. The average Bonchev–Trinajstić information content (AvgIpc) is 3.36. The van der Waals surface area contributed by atoms with Crippen molar-refractivity contribution in [3.63, 3.8) is 0 Å². The summed E-state index contributed by atoms with van der Waals surface area (Å²) in [5, 5.41) is 2.95. The van der Waals surface area contributed by atoms with Crippen molar-refractivity contribution in [1.82, 2.24) is 20.2 Å². The summed E-state index contributed by atoms with van der Waals surface area (Å²) in [5.41, 5.74) is 3.28. The van der Waals surface area contributed by atoms with Crippen molar-refractivity contribution in [2.45, 2.75) is 32.9 Å². The van der Waals surface area contributed by atoms with Crippen molar-refractivity contribution in [2.24, 2.45) is 5.92 Å². The zero-order chi connectivity index (χ0) is 18.8. The second-order valence-corrected chi connectivity index (χ2v) is 6.96. The van der Waals surface area contributed by atoms with Crippen LogP contribution < -0.4 is 5.32 Å². The number of pyridine rings is 1. The van der Waals surface area contributed by atoms with Crippen LogP contribution in [0.3, 0.4) is 0 Å². The van der Waals surface area contributed by atoms with E-state index in [9.17, 15) is 9.59 Å². The van der Waals surface area contributed by atoms with Crippen LogP contribution in [0.15, 0.2) is 23.1 Å². The number of hydrogen-bond donors (Lipinski definition) is 1. The van der Waals surface area contributed by atoms with Gasteiger partial charge in [0, 0.05) is 44.6 Å². The zero-order valence-corrected chi connectivity index (χ0v) is 15.2. The quantitative estimate of drug-likeness (QED) is 0.869. The first-order valence-corrected chi connectivity index (χ1v) is 9.13. The largest absolute Gasteiger partial charge is 0.448 e. The zero-order valence-electron chi connectivity index (χ0n) is 15.2. The molecular formula is C19H22N4O4. The van der Waals surface area contributed by atoms with Gasteiger partial charge in [0.1, 0.15) is 5.76 Å². The molecule has 0 saturated carbocycles. The van der Waals surface area contributed by atoms with Gasteiger partial charge in [-0.1, -0.05) is 0 Å². The Bertz CT molecular complexity index is 857. The van der Waals surface area contributed by atoms with Gasteiger partial charge in [-0.15, -0.1) is 0 Å². The number of oxazole rings is 1. The van der Waals surface area contributed by atoms with Crippen LogP contribution in [0.1, 0.15) is 39.5 Å². The fraction of sp³-hybridized carbons (Fsp3) is 0.474. The molecule has 0 aliphatic carbocycles. The highest BCUT2D eigenvalue weighted by Crippen LogP contribution is 2.21. The van der Waals surface area contributed by atoms with E-state index >= 15 is 0 Å². The van der Waals surface area contributed by atoms with Crippen molar-refractivity contribution in [2.75, 3.05) is 19.8 Å². The van der Waals surface area contributed by atoms with Gasteiger partial charge >= 0.3 is 0 Å². The number of aromatic nitrogens is 2. The van der Waals surface area contributed by atoms with E-state index in [0.29, 0.717) is 50.7 Å². The predicted octanol–water partition coefficient (Wildman–Crippen LogP) is 1.23. The van der Waals surface area contributed by atoms with Gasteiger partial charge in [-0.3, -0.25) is 14.6 Å². The number of fused-ring (bicyclic) bond motifs is 1. The summed E-state index contributed by atoms with van der Waals surface area (Å²) >= 11 is 0. The first kappa shape index (κ1) is 17.7. The van der Waals surface area contributed by atoms with Crippen LogP contribution in [-0.2, 0) is 29.0 Å². The molecule has 0 spiro atoms. The third kappa shape index (κ3) is 3.71. The van der Waals surface area contributed by atoms with E-state index in [0.717, 1.165) is 23.2 Å². The van der Waals surface area contributed by atoms with Crippen LogP contribution in [-0.4, -0.2) is 46.4 Å². The van der Waals surface area contributed by atoms with E-state index in [2.05, 4.69) is 15.3 Å². The monoisotopic (exact) mass is 370 g/mol. The number of carbonyl (C=O) groups is 2. The molecule has 1 unspecified atom stereocenters. The van der Waals surface area contributed by atoms with Crippen LogP contribution in [0.2, 0.25) is 0 Å². The summed E-state index contributed by atoms with van der Waals surface area (Å²) in [7, 11) is 0. The van der Waals surface area contributed by atoms with Crippen molar-refractivity contribution in [3.05, 3.63) is 46.9 Å². The normalized spacial score (nSPS) is 19.0. The number of aryl methyl sites for hydroxylation is 1. The molecule has 0 radical (unpaired) electrons. The van der Waals surface area contributed by atoms with Gasteiger partial charge in [-0.2, -0.15) is 0 Å². The van der Waals surface area contributed by atoms with Crippen molar-refractivity contribution in [3.8, 4) is 0 Å². The Hall–Kier alpha value is -2.74. The molecule has 0 bridgehead atoms. The maximum Gasteiger partial charge on any atom is 0.276 e. The van der Waals surface area contributed by atoms with Crippen LogP contribution in [0.4, 0.5) is 0 Å². The highest BCUT2D eigenvalue weighted by molar-refractivity contribution is 5.93. The van der Waals surface area contributed by atoms with Gasteiger partial charge in [0.05, 0.1) is 12.5 Å². The first-order valence-electron chi connectivity index (χ1n) is 9.13. The Morgan fingerprint density at radius 1 is 1.37 bits per heavy atom. The molecule has 2 aromatic heterocycles. The predicted molar refractivity (Wildman–Crippen MR) is 94.7 cm³/mol. The molecule has 1 saturated heterocycles. The molecule has 2 aromatic rings. The summed E-state index contributed by atoms with van der Waals surface area (Å²) in [6.45, 7) is 4.37. The molecule has 142 valence electrons. The Kier molecular flexibility index (Phi) is 4.89. The molecule has 0 aromatic carbocycles. The summed E-state index contributed by atoms with van der Waals surface area (Å²) in [6, 6.07) is 2.02. The second kappa shape index (κ2) is 7.48. The van der Waals surface area contributed by atoms with Gasteiger partial charge < -0.3 is 19.4 Å². The molecular weight excluding hydrogens is 348 g/mol. The van der Waals surface area contributed by atoms with Gasteiger partial charge in [-0.05, 0) is 30.5 Å². The lowest BCUT2D eigenvalue weighted by Gasteiger charge is -2.28. The topological polar surface area (TPSA) is 97.6 Å². The third-order valence-corrected chi connectivity index (χ3v) is 5.10. The summed E-state index contributed by atoms with van der Waals surface area (Å²) in [5.74, 6) is 0.348. The van der Waals surface area contributed by atoms with E-state index in [4.69, 9.17) is 9.15 Å². The highest BCUT2D eigenvalue weighted by atomic mass is 16.5. The molecule has 2 amide bonds. The number of hydrogen-bond acceptors (Lipinski definition) is 6. The number of carbonyl (C=O) groups excluding carboxylic acids is 2. The minimum absolute atomic E-state index is 0.0172. The van der Waals surface area contributed by atoms with E-state index in [-0.39, 0.29) is 17.7 Å². The van der Waals surface area contributed by atoms with Gasteiger partial charge in [0.25, 0.3) is 5.91 Å². The minimum atomic E-state index is -0.133. The summed E-state index contributed by atoms with van der Waals surface area (Å²) in [4.78, 5) is 35.1. The lowest BCUT2D eigenvalue weighted by atomic mass is 10.0. The van der Waals surface area contributed by atoms with Gasteiger partial charge in [-0.25, -0.2) is 4.98 Å². The third-order valence-electron chi connectivity index (χ3n) is 5.10. The molecule has 8 nitrogen and oxygen atoms in total. The number of rotatable bonds is 4. The maximum atomic E-state index is 12.7. The van der Waals surface area contributed by atoms with Gasteiger partial charge in [0.15, 0.2) is 12.1 Å². The molecule has 8 heteroatoms. The molecule has 2 aliphatic rings. The Balaban J connectivity index is 1.42. The maximum absolute atomic E-state index is 12.7. The van der Waals surface area contributed by atoms with E-state index in [1.54, 1.807) is 18.0 Å². The van der Waals surface area contributed by atoms with E-state index in [1.165, 1.54) is 6.39 Å². The highest BCUT2D eigenvalue weighted by Gasteiger charge is 2.26. The van der Waals surface area contributed by atoms with E-state index in [1.807, 2.05) is 6.07 Å². The van der Waals surface area contributed by atoms with Crippen molar-refractivity contribution >= 4 is 11.8 Å². The fourth-order valence-electron chi connectivity index (χ4n) is 3.48. The summed E-state index contributed by atoms with van der Waals surface area (Å²) in [6.07, 6.45) is 4.55. The second-order valence-electron chi connectivity index (χ2n) is 6.96. The summed E-state index contributed by atoms with van der Waals surface area (Å²) < 4.78 is 10.4. The lowest BCUT2D eigenvalue weighted by Crippen LogP contribution is -2.37. The number of amides is 2. The van der Waals surface area contributed by atoms with Crippen molar-refractivity contribution in [1.29, 1.82) is 0 Å². The molecule has 1 N–H and O–H groups in total. The molecule has 1 atom stereocenters. The molecule has 1 fully saturated rings. The SMILES string of the molecule is Cc1ocnc1C(=O)N1CCc2ncc(CNC(=O)C3CCOC3)cc2C1. The lowest BCUT2D eigenvalue weighted by molar-refractivity contribution is -0.125. The first-order chi connectivity index (χ1) is 13.1. The standard InChI is InChI=1S/C19H22N4O4/c1-12-17(22-11-27-12)19(25)23-4-2-16-15(9-23)6-13(7-20-16)8-21-18(24)14-3-5-26-10-14/h6-7,11,14H,2-5,8-10H2,1H3,(H,21,24). The van der Waals surface area contributed by atoms with Crippen molar-refractivity contribution < 1.29 is 18.7 Å². The molecule has 4 heterocycles. The Morgan fingerprint density at radius 3 is 3.00 bits per heavy atom. The van der Waals surface area contributed by atoms with Crippen LogP contribution >= 0.6 is 0 Å². The van der Waals surface area contributed by atoms with Crippen LogP contribution in [0, 0.1) is 12.8 Å². The molecule has 27 heavy (non-hydrogen) atoms.